The number of nitrogens with one attached hydrogen (secondary N) is 1. The van der Waals surface area contributed by atoms with Gasteiger partial charge in [0, 0.05) is 23.8 Å². The first kappa shape index (κ1) is 14.2. The summed E-state index contributed by atoms with van der Waals surface area (Å²) in [5, 5.41) is 2.98. The van der Waals surface area contributed by atoms with Gasteiger partial charge in [0.1, 0.15) is 0 Å². The molecule has 0 saturated heterocycles. The van der Waals surface area contributed by atoms with Gasteiger partial charge in [0.05, 0.1) is 4.88 Å². The van der Waals surface area contributed by atoms with Crippen LogP contribution < -0.4 is 5.32 Å². The minimum Gasteiger partial charge on any atom is -0.347 e. The number of hydrogen-bond donors (Lipinski definition) is 1. The quantitative estimate of drug-likeness (QED) is 0.797. The van der Waals surface area contributed by atoms with Gasteiger partial charge < -0.3 is 5.32 Å². The molecule has 1 N–H and O–H groups in total. The Morgan fingerprint density at radius 2 is 2.00 bits per heavy atom. The highest BCUT2D eigenvalue weighted by molar-refractivity contribution is 7.17. The number of nitrogens with zero attached hydrogens (tertiary/aromatic N) is 1. The van der Waals surface area contributed by atoms with Gasteiger partial charge in [-0.05, 0) is 47.2 Å². The van der Waals surface area contributed by atoms with Crippen LogP contribution in [-0.4, -0.2) is 10.9 Å². The first-order chi connectivity index (χ1) is 11.3. The maximum atomic E-state index is 12.4. The van der Waals surface area contributed by atoms with Crippen LogP contribution in [0.15, 0.2) is 54.9 Å². The lowest BCUT2D eigenvalue weighted by atomic mass is 9.91. The van der Waals surface area contributed by atoms with E-state index in [0.717, 1.165) is 23.3 Å². The van der Waals surface area contributed by atoms with Crippen molar-refractivity contribution in [3.05, 3.63) is 76.4 Å². The number of rotatable bonds is 3. The van der Waals surface area contributed by atoms with Gasteiger partial charge in [0.25, 0.3) is 5.91 Å². The van der Waals surface area contributed by atoms with E-state index in [1.54, 1.807) is 23.7 Å². The summed E-state index contributed by atoms with van der Waals surface area (Å²) in [5.74, 6) is -0.00858. The van der Waals surface area contributed by atoms with Crippen molar-refractivity contribution in [3.8, 4) is 10.4 Å². The fraction of sp³-hybridized carbons (Fsp3) is 0.158. The van der Waals surface area contributed by atoms with Gasteiger partial charge in [0.2, 0.25) is 0 Å². The maximum Gasteiger partial charge on any atom is 0.261 e. The van der Waals surface area contributed by atoms with E-state index < -0.39 is 0 Å². The molecule has 4 heteroatoms. The number of fused-ring (bicyclic) bond motifs is 3. The topological polar surface area (TPSA) is 42.0 Å². The van der Waals surface area contributed by atoms with Gasteiger partial charge in [-0.3, -0.25) is 9.78 Å². The molecular weight excluding hydrogens is 304 g/mol. The van der Waals surface area contributed by atoms with Crippen molar-refractivity contribution in [1.82, 2.24) is 10.3 Å². The molecule has 2 aromatic heterocycles. The van der Waals surface area contributed by atoms with E-state index >= 15 is 0 Å². The van der Waals surface area contributed by atoms with Crippen molar-refractivity contribution in [3.63, 3.8) is 0 Å². The van der Waals surface area contributed by atoms with E-state index in [4.69, 9.17) is 0 Å². The van der Waals surface area contributed by atoms with Gasteiger partial charge in [-0.25, -0.2) is 0 Å². The van der Waals surface area contributed by atoms with Crippen LogP contribution in [0.25, 0.3) is 10.4 Å². The second kappa shape index (κ2) is 5.97. The summed E-state index contributed by atoms with van der Waals surface area (Å²) in [6, 6.07) is 14.4. The fourth-order valence-corrected chi connectivity index (χ4v) is 4.14. The van der Waals surface area contributed by atoms with Crippen LogP contribution in [-0.2, 0) is 19.4 Å². The molecule has 0 fully saturated rings. The molecule has 23 heavy (non-hydrogen) atoms. The molecule has 1 aliphatic rings. The number of carbonyl (C=O) groups excluding carboxylic acids is 1. The van der Waals surface area contributed by atoms with Crippen molar-refractivity contribution >= 4 is 17.2 Å². The van der Waals surface area contributed by atoms with Crippen molar-refractivity contribution in [2.45, 2.75) is 19.4 Å². The maximum absolute atomic E-state index is 12.4. The second-order valence-electron chi connectivity index (χ2n) is 5.67. The predicted octanol–water partition coefficient (Wildman–Crippen LogP) is 3.84. The summed E-state index contributed by atoms with van der Waals surface area (Å²) < 4.78 is 0. The Morgan fingerprint density at radius 3 is 2.87 bits per heavy atom. The molecule has 1 aromatic carbocycles. The van der Waals surface area contributed by atoms with Gasteiger partial charge >= 0.3 is 0 Å². The summed E-state index contributed by atoms with van der Waals surface area (Å²) in [6.07, 6.45) is 5.57. The average Bonchev–Trinajstić information content (AvgIpc) is 3.05. The van der Waals surface area contributed by atoms with Crippen LogP contribution in [0.2, 0.25) is 0 Å². The Kier molecular flexibility index (Phi) is 3.67. The Balaban J connectivity index is 1.55. The molecule has 114 valence electrons. The summed E-state index contributed by atoms with van der Waals surface area (Å²) >= 11 is 1.59. The number of pyridine rings is 1. The first-order valence-electron chi connectivity index (χ1n) is 7.69. The molecule has 0 atom stereocenters. The molecule has 4 rings (SSSR count). The molecular formula is C19H16N2OS. The van der Waals surface area contributed by atoms with E-state index in [9.17, 15) is 4.79 Å². The average molecular weight is 320 g/mol. The molecule has 0 aliphatic heterocycles. The molecule has 0 saturated carbocycles. The number of hydrogen-bond acceptors (Lipinski definition) is 3. The highest BCUT2D eigenvalue weighted by Crippen LogP contribution is 2.39. The van der Waals surface area contributed by atoms with E-state index in [0.29, 0.717) is 6.54 Å². The van der Waals surface area contributed by atoms with Gasteiger partial charge in [-0.2, -0.15) is 0 Å². The van der Waals surface area contributed by atoms with Crippen molar-refractivity contribution in [1.29, 1.82) is 0 Å². The third-order valence-corrected chi connectivity index (χ3v) is 5.34. The van der Waals surface area contributed by atoms with Crippen LogP contribution in [0, 0.1) is 0 Å². The zero-order chi connectivity index (χ0) is 15.6. The van der Waals surface area contributed by atoms with Crippen LogP contribution in [0.5, 0.6) is 0 Å². The molecule has 0 bridgehead atoms. The highest BCUT2D eigenvalue weighted by atomic mass is 32.1. The van der Waals surface area contributed by atoms with Gasteiger partial charge in [-0.15, -0.1) is 11.3 Å². The van der Waals surface area contributed by atoms with Crippen LogP contribution in [0.4, 0.5) is 0 Å². The lowest BCUT2D eigenvalue weighted by Crippen LogP contribution is -2.21. The smallest absolute Gasteiger partial charge is 0.261 e. The standard InChI is InChI=1S/C19H16N2OS/c22-19(21-12-13-4-3-9-20-11-13)17-10-15-8-7-14-5-1-2-6-16(14)18(15)23-17/h1-6,9-11H,7-8,12H2,(H,21,22). The minimum atomic E-state index is -0.00858. The van der Waals surface area contributed by atoms with Gasteiger partial charge in [-0.1, -0.05) is 30.3 Å². The SMILES string of the molecule is O=C(NCc1cccnc1)c1cc2c(s1)-c1ccccc1CC2. The third-order valence-electron chi connectivity index (χ3n) is 4.13. The van der Waals surface area contributed by atoms with Crippen molar-refractivity contribution < 1.29 is 4.79 Å². The number of aryl methyl sites for hydroxylation is 2. The largest absolute Gasteiger partial charge is 0.347 e. The summed E-state index contributed by atoms with van der Waals surface area (Å²) in [5.41, 5.74) is 4.96. The van der Waals surface area contributed by atoms with Gasteiger partial charge in [0.15, 0.2) is 0 Å². The molecule has 0 radical (unpaired) electrons. The van der Waals surface area contributed by atoms with Crippen molar-refractivity contribution in [2.24, 2.45) is 0 Å². The highest BCUT2D eigenvalue weighted by Gasteiger charge is 2.21. The number of amides is 1. The van der Waals surface area contributed by atoms with E-state index in [1.807, 2.05) is 12.1 Å². The normalized spacial score (nSPS) is 12.3. The Hall–Kier alpha value is -2.46. The number of aromatic nitrogens is 1. The van der Waals surface area contributed by atoms with Crippen LogP contribution in [0.1, 0.15) is 26.4 Å². The second-order valence-corrected chi connectivity index (χ2v) is 6.72. The molecule has 2 heterocycles. The molecule has 1 amide bonds. The summed E-state index contributed by atoms with van der Waals surface area (Å²) in [7, 11) is 0. The zero-order valence-electron chi connectivity index (χ0n) is 12.6. The molecule has 1 aliphatic carbocycles. The van der Waals surface area contributed by atoms with E-state index in [2.05, 4.69) is 40.6 Å². The van der Waals surface area contributed by atoms with Crippen molar-refractivity contribution in [2.75, 3.05) is 0 Å². The molecule has 3 aromatic rings. The lowest BCUT2D eigenvalue weighted by Gasteiger charge is -2.15. The van der Waals surface area contributed by atoms with E-state index in [-0.39, 0.29) is 5.91 Å². The lowest BCUT2D eigenvalue weighted by molar-refractivity contribution is 0.0955. The first-order valence-corrected chi connectivity index (χ1v) is 8.51. The number of thiophene rings is 1. The number of carbonyl (C=O) groups is 1. The minimum absolute atomic E-state index is 0.00858. The molecule has 0 spiro atoms. The Bertz CT molecular complexity index is 855. The Labute approximate surface area is 139 Å². The molecule has 3 nitrogen and oxygen atoms in total. The van der Waals surface area contributed by atoms with Crippen LogP contribution >= 0.6 is 11.3 Å². The summed E-state index contributed by atoms with van der Waals surface area (Å²) in [4.78, 5) is 18.5. The monoisotopic (exact) mass is 320 g/mol. The Morgan fingerprint density at radius 1 is 1.13 bits per heavy atom. The van der Waals surface area contributed by atoms with E-state index in [1.165, 1.54) is 21.6 Å². The third kappa shape index (κ3) is 2.78. The van der Waals surface area contributed by atoms with Crippen LogP contribution in [0.3, 0.4) is 0 Å². The predicted molar refractivity (Wildman–Crippen MR) is 92.6 cm³/mol. The summed E-state index contributed by atoms with van der Waals surface area (Å²) in [6.45, 7) is 0.506. The fourth-order valence-electron chi connectivity index (χ4n) is 2.96. The molecule has 0 unspecified atom stereocenters. The number of benzene rings is 1. The zero-order valence-corrected chi connectivity index (χ0v) is 13.4.